The number of hydrogen-bond acceptors (Lipinski definition) is 4. The largest absolute Gasteiger partial charge is 0.432 e. The smallest absolute Gasteiger partial charge is 0.307 e. The zero-order chi connectivity index (χ0) is 12.6. The monoisotopic (exact) mass is 236 g/mol. The quantitative estimate of drug-likeness (QED) is 0.514. The molecule has 2 aliphatic rings. The molecule has 0 aromatic heterocycles. The maximum absolute atomic E-state index is 11.5. The highest BCUT2D eigenvalue weighted by atomic mass is 16.5. The first-order valence-corrected chi connectivity index (χ1v) is 5.66. The van der Waals surface area contributed by atoms with Crippen molar-refractivity contribution in [2.45, 2.75) is 32.8 Å². The molecule has 1 fully saturated rings. The highest BCUT2D eigenvalue weighted by Gasteiger charge is 2.45. The predicted molar refractivity (Wildman–Crippen MR) is 61.1 cm³/mol. The molecule has 2 atom stereocenters. The molecule has 2 rings (SSSR count). The minimum atomic E-state index is -0.440. The van der Waals surface area contributed by atoms with Crippen LogP contribution >= 0.6 is 0 Å². The van der Waals surface area contributed by atoms with Gasteiger partial charge in [-0.1, -0.05) is 0 Å². The van der Waals surface area contributed by atoms with Crippen molar-refractivity contribution in [3.63, 3.8) is 0 Å². The zero-order valence-corrected chi connectivity index (χ0v) is 10.3. The fourth-order valence-corrected chi connectivity index (χ4v) is 2.43. The predicted octanol–water partition coefficient (Wildman–Crippen LogP) is 1.76. The van der Waals surface area contributed by atoms with E-state index in [2.05, 4.69) is 0 Å². The molecule has 0 N–H and O–H groups in total. The Bertz CT molecular complexity index is 433. The van der Waals surface area contributed by atoms with Crippen molar-refractivity contribution in [1.82, 2.24) is 0 Å². The van der Waals surface area contributed by atoms with Crippen LogP contribution in [0.4, 0.5) is 0 Å². The molecule has 0 radical (unpaired) electrons. The van der Waals surface area contributed by atoms with Crippen molar-refractivity contribution in [2.24, 2.45) is 5.92 Å². The molecule has 1 saturated heterocycles. The first-order chi connectivity index (χ1) is 7.92. The molecule has 17 heavy (non-hydrogen) atoms. The van der Waals surface area contributed by atoms with Gasteiger partial charge in [0.05, 0.1) is 12.2 Å². The molecule has 0 aromatic carbocycles. The Morgan fingerprint density at radius 3 is 2.88 bits per heavy atom. The zero-order valence-electron chi connectivity index (χ0n) is 10.3. The van der Waals surface area contributed by atoms with Crippen molar-refractivity contribution in [1.29, 1.82) is 0 Å². The number of allylic oxidation sites excluding steroid dienone is 2. The van der Waals surface area contributed by atoms with Gasteiger partial charge in [-0.05, 0) is 26.0 Å². The molecular weight excluding hydrogens is 220 g/mol. The Balaban J connectivity index is 2.32. The Kier molecular flexibility index (Phi) is 2.91. The third-order valence-corrected chi connectivity index (χ3v) is 3.41. The lowest BCUT2D eigenvalue weighted by Gasteiger charge is -2.29. The van der Waals surface area contributed by atoms with Gasteiger partial charge in [0, 0.05) is 24.8 Å². The number of ether oxygens (including phenoxy) is 2. The van der Waals surface area contributed by atoms with Crippen LogP contribution in [0.25, 0.3) is 0 Å². The first-order valence-electron chi connectivity index (χ1n) is 5.66. The van der Waals surface area contributed by atoms with Crippen molar-refractivity contribution in [3.8, 4) is 0 Å². The van der Waals surface area contributed by atoms with E-state index in [4.69, 9.17) is 9.47 Å². The summed E-state index contributed by atoms with van der Waals surface area (Å²) in [5.41, 5.74) is 0.477. The number of rotatable bonds is 1. The number of carbonyl (C=O) groups is 2. The molecule has 0 unspecified atom stereocenters. The molecule has 0 amide bonds. The summed E-state index contributed by atoms with van der Waals surface area (Å²) in [5, 5.41) is 0. The summed E-state index contributed by atoms with van der Waals surface area (Å²) in [6.45, 7) is 5.48. The topological polar surface area (TPSA) is 52.6 Å². The Labute approximate surface area is 100 Å². The van der Waals surface area contributed by atoms with E-state index in [0.717, 1.165) is 5.57 Å². The fourth-order valence-electron chi connectivity index (χ4n) is 2.43. The van der Waals surface area contributed by atoms with Gasteiger partial charge in [0.2, 0.25) is 0 Å². The second-order valence-electron chi connectivity index (χ2n) is 4.70. The van der Waals surface area contributed by atoms with Gasteiger partial charge in [-0.15, -0.1) is 0 Å². The summed E-state index contributed by atoms with van der Waals surface area (Å²) in [4.78, 5) is 22.4. The highest BCUT2D eigenvalue weighted by molar-refractivity contribution is 5.91. The Hall–Kier alpha value is -1.42. The van der Waals surface area contributed by atoms with Crippen molar-refractivity contribution >= 4 is 11.8 Å². The van der Waals surface area contributed by atoms with Gasteiger partial charge >= 0.3 is 5.97 Å². The van der Waals surface area contributed by atoms with Gasteiger partial charge < -0.3 is 9.47 Å². The van der Waals surface area contributed by atoms with Crippen molar-refractivity contribution in [2.75, 3.05) is 6.61 Å². The van der Waals surface area contributed by atoms with Crippen molar-refractivity contribution in [3.05, 3.63) is 23.5 Å². The average Bonchev–Trinajstić information content (AvgIpc) is 2.55. The molecule has 4 nitrogen and oxygen atoms in total. The van der Waals surface area contributed by atoms with E-state index in [1.165, 1.54) is 6.92 Å². The normalized spacial score (nSPS) is 34.5. The van der Waals surface area contributed by atoms with E-state index in [1.54, 1.807) is 19.1 Å². The summed E-state index contributed by atoms with van der Waals surface area (Å²) in [6, 6.07) is 0. The summed E-state index contributed by atoms with van der Waals surface area (Å²) in [7, 11) is 0. The highest BCUT2D eigenvalue weighted by Crippen LogP contribution is 2.43. The number of esters is 1. The van der Waals surface area contributed by atoms with Crippen LogP contribution < -0.4 is 0 Å². The van der Waals surface area contributed by atoms with Gasteiger partial charge in [-0.3, -0.25) is 9.59 Å². The molecule has 0 spiro atoms. The SMILES string of the molecule is CC(=O)O/C(C)=C1\CO[C@@]2(C)C=CC(=O)C[C@@H]12. The van der Waals surface area contributed by atoms with Crippen LogP contribution in [0, 0.1) is 5.92 Å². The van der Waals surface area contributed by atoms with E-state index < -0.39 is 5.60 Å². The Morgan fingerprint density at radius 1 is 1.53 bits per heavy atom. The molecule has 92 valence electrons. The van der Waals surface area contributed by atoms with E-state index in [0.29, 0.717) is 18.8 Å². The average molecular weight is 236 g/mol. The lowest BCUT2D eigenvalue weighted by atomic mass is 9.78. The summed E-state index contributed by atoms with van der Waals surface area (Å²) in [5.74, 6) is 0.293. The van der Waals surface area contributed by atoms with Gasteiger partial charge in [-0.25, -0.2) is 0 Å². The molecular formula is C13H16O4. The Morgan fingerprint density at radius 2 is 2.24 bits per heavy atom. The summed E-state index contributed by atoms with van der Waals surface area (Å²) in [6.07, 6.45) is 3.79. The first kappa shape index (κ1) is 12.0. The standard InChI is InChI=1S/C13H16O4/c1-8(17-9(2)14)11-7-16-13(3)5-4-10(15)6-12(11)13/h4-5,12H,6-7H2,1-3H3/b11-8+/t12-,13-/m0/s1. The van der Waals surface area contributed by atoms with Gasteiger partial charge in [0.15, 0.2) is 5.78 Å². The molecule has 1 heterocycles. The van der Waals surface area contributed by atoms with E-state index >= 15 is 0 Å². The third kappa shape index (κ3) is 2.17. The number of fused-ring (bicyclic) bond motifs is 1. The third-order valence-electron chi connectivity index (χ3n) is 3.41. The molecule has 0 saturated carbocycles. The number of carbonyl (C=O) groups excluding carboxylic acids is 2. The van der Waals surface area contributed by atoms with Crippen LogP contribution in [0.15, 0.2) is 23.5 Å². The fraction of sp³-hybridized carbons (Fsp3) is 0.538. The van der Waals surface area contributed by atoms with Crippen LogP contribution in [-0.4, -0.2) is 24.0 Å². The summed E-state index contributed by atoms with van der Waals surface area (Å²) >= 11 is 0. The summed E-state index contributed by atoms with van der Waals surface area (Å²) < 4.78 is 10.8. The number of hydrogen-bond donors (Lipinski definition) is 0. The molecule has 1 aliphatic carbocycles. The van der Waals surface area contributed by atoms with Gasteiger partial charge in [0.1, 0.15) is 5.76 Å². The minimum absolute atomic E-state index is 0.0145. The second kappa shape index (κ2) is 4.11. The van der Waals surface area contributed by atoms with Crippen LogP contribution in [-0.2, 0) is 19.1 Å². The maximum atomic E-state index is 11.5. The van der Waals surface area contributed by atoms with Crippen LogP contribution in [0.1, 0.15) is 27.2 Å². The molecule has 4 heteroatoms. The van der Waals surface area contributed by atoms with E-state index in [9.17, 15) is 9.59 Å². The maximum Gasteiger partial charge on any atom is 0.307 e. The molecule has 0 aromatic rings. The lowest BCUT2D eigenvalue weighted by Crippen LogP contribution is -2.34. The van der Waals surface area contributed by atoms with E-state index in [1.807, 2.05) is 6.92 Å². The van der Waals surface area contributed by atoms with Crippen LogP contribution in [0.3, 0.4) is 0 Å². The van der Waals surface area contributed by atoms with Gasteiger partial charge in [0.25, 0.3) is 0 Å². The van der Waals surface area contributed by atoms with Crippen LogP contribution in [0.5, 0.6) is 0 Å². The molecule has 0 bridgehead atoms. The van der Waals surface area contributed by atoms with Crippen LogP contribution in [0.2, 0.25) is 0 Å². The van der Waals surface area contributed by atoms with E-state index in [-0.39, 0.29) is 17.7 Å². The number of ketones is 1. The second-order valence-corrected chi connectivity index (χ2v) is 4.70. The molecule has 1 aliphatic heterocycles. The van der Waals surface area contributed by atoms with Crippen molar-refractivity contribution < 1.29 is 19.1 Å². The van der Waals surface area contributed by atoms with Gasteiger partial charge in [-0.2, -0.15) is 0 Å². The lowest BCUT2D eigenvalue weighted by molar-refractivity contribution is -0.136. The minimum Gasteiger partial charge on any atom is -0.432 e.